The zero-order valence-corrected chi connectivity index (χ0v) is 12.0. The highest BCUT2D eigenvalue weighted by molar-refractivity contribution is 5.79. The van der Waals surface area contributed by atoms with Gasteiger partial charge in [0.2, 0.25) is 0 Å². The standard InChI is InChI=1S/C14H26N2O3/c1-15-14(13(17)18)6-5-12(8-14)16-7-3-4-11(9-16)10-19-2/h11-12,15H,3-10H2,1-2H3,(H,17,18). The van der Waals surface area contributed by atoms with Gasteiger partial charge in [-0.1, -0.05) is 0 Å². The molecule has 2 aliphatic rings. The lowest BCUT2D eigenvalue weighted by Crippen LogP contribution is -2.50. The summed E-state index contributed by atoms with van der Waals surface area (Å²) in [5.41, 5.74) is -0.709. The molecule has 0 amide bonds. The predicted molar refractivity (Wildman–Crippen MR) is 73.2 cm³/mol. The summed E-state index contributed by atoms with van der Waals surface area (Å²) in [4.78, 5) is 13.9. The zero-order chi connectivity index (χ0) is 13.9. The van der Waals surface area contributed by atoms with Gasteiger partial charge in [-0.05, 0) is 51.6 Å². The Hall–Kier alpha value is -0.650. The molecular weight excluding hydrogens is 244 g/mol. The lowest BCUT2D eigenvalue weighted by atomic mass is 9.95. The van der Waals surface area contributed by atoms with E-state index in [-0.39, 0.29) is 0 Å². The topological polar surface area (TPSA) is 61.8 Å². The van der Waals surface area contributed by atoms with Crippen molar-refractivity contribution in [1.82, 2.24) is 10.2 Å². The molecule has 110 valence electrons. The summed E-state index contributed by atoms with van der Waals surface area (Å²) in [5.74, 6) is -0.101. The van der Waals surface area contributed by atoms with Gasteiger partial charge < -0.3 is 15.2 Å². The monoisotopic (exact) mass is 270 g/mol. The summed E-state index contributed by atoms with van der Waals surface area (Å²) >= 11 is 0. The molecule has 0 aromatic heterocycles. The van der Waals surface area contributed by atoms with E-state index in [0.717, 1.165) is 39.0 Å². The molecule has 3 unspecified atom stereocenters. The van der Waals surface area contributed by atoms with E-state index in [1.807, 2.05) is 0 Å². The molecule has 1 heterocycles. The van der Waals surface area contributed by atoms with E-state index in [9.17, 15) is 9.90 Å². The van der Waals surface area contributed by atoms with Crippen molar-refractivity contribution in [2.24, 2.45) is 5.92 Å². The number of rotatable bonds is 5. The van der Waals surface area contributed by atoms with Crippen molar-refractivity contribution < 1.29 is 14.6 Å². The summed E-state index contributed by atoms with van der Waals surface area (Å²) < 4.78 is 5.26. The first-order valence-electron chi connectivity index (χ1n) is 7.26. The highest BCUT2D eigenvalue weighted by atomic mass is 16.5. The second-order valence-corrected chi connectivity index (χ2v) is 5.99. The number of nitrogens with zero attached hydrogens (tertiary/aromatic N) is 1. The Kier molecular flexibility index (Phi) is 4.81. The smallest absolute Gasteiger partial charge is 0.323 e. The highest BCUT2D eigenvalue weighted by Gasteiger charge is 2.46. The number of carboxylic acids is 1. The van der Waals surface area contributed by atoms with E-state index in [2.05, 4.69) is 10.2 Å². The van der Waals surface area contributed by atoms with Gasteiger partial charge in [-0.2, -0.15) is 0 Å². The van der Waals surface area contributed by atoms with Crippen molar-refractivity contribution >= 4 is 5.97 Å². The minimum absolute atomic E-state index is 0.406. The van der Waals surface area contributed by atoms with Gasteiger partial charge in [0.15, 0.2) is 0 Å². The molecular formula is C14H26N2O3. The largest absolute Gasteiger partial charge is 0.480 e. The molecule has 3 atom stereocenters. The van der Waals surface area contributed by atoms with Crippen LogP contribution in [0.25, 0.3) is 0 Å². The molecule has 1 aliphatic carbocycles. The molecule has 1 saturated carbocycles. The van der Waals surface area contributed by atoms with Crippen LogP contribution in [0.2, 0.25) is 0 Å². The third kappa shape index (κ3) is 3.09. The number of hydrogen-bond acceptors (Lipinski definition) is 4. The average molecular weight is 270 g/mol. The number of carboxylic acid groups (broad SMARTS) is 1. The summed E-state index contributed by atoms with van der Waals surface area (Å²) in [5, 5.41) is 12.4. The molecule has 2 rings (SSSR count). The van der Waals surface area contributed by atoms with Crippen LogP contribution in [0.5, 0.6) is 0 Å². The molecule has 0 radical (unpaired) electrons. The number of nitrogens with one attached hydrogen (secondary N) is 1. The Morgan fingerprint density at radius 2 is 2.32 bits per heavy atom. The van der Waals surface area contributed by atoms with Crippen LogP contribution >= 0.6 is 0 Å². The molecule has 0 spiro atoms. The van der Waals surface area contributed by atoms with Crippen LogP contribution in [-0.2, 0) is 9.53 Å². The predicted octanol–water partition coefficient (Wildman–Crippen LogP) is 0.940. The van der Waals surface area contributed by atoms with Gasteiger partial charge in [0.25, 0.3) is 0 Å². The van der Waals surface area contributed by atoms with Crippen molar-refractivity contribution in [3.63, 3.8) is 0 Å². The average Bonchev–Trinajstić information content (AvgIpc) is 2.85. The molecule has 0 aromatic rings. The zero-order valence-electron chi connectivity index (χ0n) is 12.0. The van der Waals surface area contributed by atoms with Crippen molar-refractivity contribution in [2.75, 3.05) is 33.9 Å². The summed E-state index contributed by atoms with van der Waals surface area (Å²) in [6.45, 7) is 2.97. The number of likely N-dealkylation sites (N-methyl/N-ethyl adjacent to an activating group) is 1. The Bertz CT molecular complexity index is 322. The highest BCUT2D eigenvalue weighted by Crippen LogP contribution is 2.35. The van der Waals surface area contributed by atoms with E-state index >= 15 is 0 Å². The second-order valence-electron chi connectivity index (χ2n) is 5.99. The number of ether oxygens (including phenoxy) is 1. The fraction of sp³-hybridized carbons (Fsp3) is 0.929. The maximum absolute atomic E-state index is 11.4. The third-order valence-corrected chi connectivity index (χ3v) is 4.85. The van der Waals surface area contributed by atoms with Crippen LogP contribution in [-0.4, -0.2) is 61.4 Å². The molecule has 1 saturated heterocycles. The number of methoxy groups -OCH3 is 1. The lowest BCUT2D eigenvalue weighted by molar-refractivity contribution is -0.144. The molecule has 1 aliphatic heterocycles. The van der Waals surface area contributed by atoms with Crippen molar-refractivity contribution in [3.8, 4) is 0 Å². The molecule has 0 bridgehead atoms. The molecule has 2 N–H and O–H groups in total. The SMILES string of the molecule is CNC1(C(=O)O)CCC(N2CCCC(COC)C2)C1. The number of carbonyl (C=O) groups is 1. The Morgan fingerprint density at radius 3 is 2.89 bits per heavy atom. The van der Waals surface area contributed by atoms with E-state index in [1.54, 1.807) is 14.2 Å². The molecule has 5 heteroatoms. The van der Waals surface area contributed by atoms with Crippen molar-refractivity contribution in [3.05, 3.63) is 0 Å². The first-order chi connectivity index (χ1) is 9.11. The van der Waals surface area contributed by atoms with E-state index in [1.165, 1.54) is 12.8 Å². The minimum Gasteiger partial charge on any atom is -0.480 e. The molecule has 5 nitrogen and oxygen atoms in total. The van der Waals surface area contributed by atoms with Crippen LogP contribution < -0.4 is 5.32 Å². The lowest BCUT2D eigenvalue weighted by Gasteiger charge is -2.37. The van der Waals surface area contributed by atoms with Crippen LogP contribution in [0.4, 0.5) is 0 Å². The number of piperidine rings is 1. The van der Waals surface area contributed by atoms with E-state index in [0.29, 0.717) is 12.0 Å². The second kappa shape index (κ2) is 6.20. The van der Waals surface area contributed by atoms with Crippen LogP contribution in [0.1, 0.15) is 32.1 Å². The summed E-state index contributed by atoms with van der Waals surface area (Å²) in [6.07, 6.45) is 4.86. The Balaban J connectivity index is 1.94. The first-order valence-corrected chi connectivity index (χ1v) is 7.26. The Labute approximate surface area is 115 Å². The number of likely N-dealkylation sites (tertiary alicyclic amines) is 1. The van der Waals surface area contributed by atoms with E-state index in [4.69, 9.17) is 4.74 Å². The number of aliphatic carboxylic acids is 1. The number of hydrogen-bond donors (Lipinski definition) is 2. The van der Waals surface area contributed by atoms with Gasteiger partial charge in [-0.3, -0.25) is 9.69 Å². The van der Waals surface area contributed by atoms with Gasteiger partial charge in [-0.25, -0.2) is 0 Å². The van der Waals surface area contributed by atoms with Gasteiger partial charge in [0, 0.05) is 19.7 Å². The fourth-order valence-corrected chi connectivity index (χ4v) is 3.66. The fourth-order valence-electron chi connectivity index (χ4n) is 3.66. The van der Waals surface area contributed by atoms with Gasteiger partial charge in [0.05, 0.1) is 6.61 Å². The molecule has 2 fully saturated rings. The van der Waals surface area contributed by atoms with Crippen molar-refractivity contribution in [2.45, 2.75) is 43.7 Å². The minimum atomic E-state index is -0.709. The normalized spacial score (nSPS) is 36.5. The molecule has 19 heavy (non-hydrogen) atoms. The van der Waals surface area contributed by atoms with Crippen molar-refractivity contribution in [1.29, 1.82) is 0 Å². The third-order valence-electron chi connectivity index (χ3n) is 4.85. The van der Waals surface area contributed by atoms with Crippen LogP contribution in [0, 0.1) is 5.92 Å². The maximum Gasteiger partial charge on any atom is 0.323 e. The quantitative estimate of drug-likeness (QED) is 0.778. The van der Waals surface area contributed by atoms with E-state index < -0.39 is 11.5 Å². The summed E-state index contributed by atoms with van der Waals surface area (Å²) in [7, 11) is 3.52. The maximum atomic E-state index is 11.4. The Morgan fingerprint density at radius 1 is 1.53 bits per heavy atom. The van der Waals surface area contributed by atoms with Gasteiger partial charge >= 0.3 is 5.97 Å². The molecule has 0 aromatic carbocycles. The first kappa shape index (κ1) is 14.8. The van der Waals surface area contributed by atoms with Crippen LogP contribution in [0.15, 0.2) is 0 Å². The van der Waals surface area contributed by atoms with Crippen LogP contribution in [0.3, 0.4) is 0 Å². The van der Waals surface area contributed by atoms with Gasteiger partial charge in [-0.15, -0.1) is 0 Å². The van der Waals surface area contributed by atoms with Gasteiger partial charge in [0.1, 0.15) is 5.54 Å². The summed E-state index contributed by atoms with van der Waals surface area (Å²) in [6, 6.07) is 0.406.